The van der Waals surface area contributed by atoms with E-state index in [4.69, 9.17) is 0 Å². The molecule has 1 fully saturated rings. The number of halogens is 2. The minimum absolute atomic E-state index is 0.00551. The zero-order chi connectivity index (χ0) is 11.5. The molecule has 1 aromatic carbocycles. The summed E-state index contributed by atoms with van der Waals surface area (Å²) in [5.41, 5.74) is 0.00551. The van der Waals surface area contributed by atoms with Gasteiger partial charge < -0.3 is 10.6 Å². The summed E-state index contributed by atoms with van der Waals surface area (Å²) in [4.78, 5) is 11.3. The van der Waals surface area contributed by atoms with E-state index < -0.39 is 11.6 Å². The van der Waals surface area contributed by atoms with Crippen LogP contribution in [0.25, 0.3) is 0 Å². The van der Waals surface area contributed by atoms with Gasteiger partial charge in [-0.05, 0) is 31.0 Å². The van der Waals surface area contributed by atoms with Gasteiger partial charge in [-0.15, -0.1) is 0 Å². The summed E-state index contributed by atoms with van der Waals surface area (Å²) in [5, 5.41) is 5.30. The molecule has 1 aromatic rings. The molecule has 3 nitrogen and oxygen atoms in total. The number of rotatable bonds is 4. The van der Waals surface area contributed by atoms with E-state index in [1.165, 1.54) is 0 Å². The Morgan fingerprint density at radius 3 is 2.81 bits per heavy atom. The van der Waals surface area contributed by atoms with Crippen molar-refractivity contribution in [1.82, 2.24) is 5.32 Å². The molecule has 16 heavy (non-hydrogen) atoms. The van der Waals surface area contributed by atoms with Gasteiger partial charge in [0.25, 0.3) is 0 Å². The molecule has 1 aliphatic rings. The van der Waals surface area contributed by atoms with Crippen molar-refractivity contribution in [3.05, 3.63) is 29.8 Å². The maximum absolute atomic E-state index is 13.1. The molecule has 0 radical (unpaired) electrons. The summed E-state index contributed by atoms with van der Waals surface area (Å²) >= 11 is 0. The predicted molar refractivity (Wildman–Crippen MR) is 56.0 cm³/mol. The first-order valence-electron chi connectivity index (χ1n) is 5.13. The van der Waals surface area contributed by atoms with E-state index in [1.54, 1.807) is 0 Å². The van der Waals surface area contributed by atoms with Crippen molar-refractivity contribution in [2.24, 2.45) is 0 Å². The van der Waals surface area contributed by atoms with Crippen LogP contribution in [-0.4, -0.2) is 18.5 Å². The van der Waals surface area contributed by atoms with Crippen LogP contribution >= 0.6 is 0 Å². The highest BCUT2D eigenvalue weighted by molar-refractivity contribution is 5.81. The second kappa shape index (κ2) is 4.47. The molecular formula is C11H12F2N2O. The fourth-order valence-corrected chi connectivity index (χ4v) is 1.31. The minimum Gasteiger partial charge on any atom is -0.374 e. The highest BCUT2D eigenvalue weighted by Gasteiger charge is 2.22. The van der Waals surface area contributed by atoms with Gasteiger partial charge >= 0.3 is 0 Å². The van der Waals surface area contributed by atoms with Gasteiger partial charge in [-0.25, -0.2) is 8.78 Å². The Labute approximate surface area is 91.8 Å². The lowest BCUT2D eigenvalue weighted by molar-refractivity contribution is -0.119. The molecular weight excluding hydrogens is 214 g/mol. The summed E-state index contributed by atoms with van der Waals surface area (Å²) in [6.07, 6.45) is 2.00. The lowest BCUT2D eigenvalue weighted by atomic mass is 10.3. The normalized spacial score (nSPS) is 14.6. The highest BCUT2D eigenvalue weighted by atomic mass is 19.1. The number of hydrogen-bond acceptors (Lipinski definition) is 2. The van der Waals surface area contributed by atoms with Crippen molar-refractivity contribution in [2.45, 2.75) is 18.9 Å². The molecule has 0 spiro atoms. The molecule has 86 valence electrons. The first kappa shape index (κ1) is 10.9. The Morgan fingerprint density at radius 1 is 1.38 bits per heavy atom. The van der Waals surface area contributed by atoms with Gasteiger partial charge in [0.05, 0.1) is 12.2 Å². The summed E-state index contributed by atoms with van der Waals surface area (Å²) in [6, 6.07) is 3.35. The molecule has 0 atom stereocenters. The van der Waals surface area contributed by atoms with Crippen LogP contribution in [0, 0.1) is 11.6 Å². The molecule has 1 saturated carbocycles. The van der Waals surface area contributed by atoms with Gasteiger partial charge in [0.2, 0.25) is 5.91 Å². The van der Waals surface area contributed by atoms with E-state index >= 15 is 0 Å². The molecule has 0 saturated heterocycles. The molecule has 1 amide bonds. The first-order chi connectivity index (χ1) is 7.65. The summed E-state index contributed by atoms with van der Waals surface area (Å²) < 4.78 is 25.9. The van der Waals surface area contributed by atoms with E-state index in [0.717, 1.165) is 31.0 Å². The molecule has 0 heterocycles. The molecule has 2 rings (SSSR count). The van der Waals surface area contributed by atoms with Gasteiger partial charge in [-0.1, -0.05) is 0 Å². The quantitative estimate of drug-likeness (QED) is 0.819. The van der Waals surface area contributed by atoms with Crippen LogP contribution in [0.3, 0.4) is 0 Å². The lowest BCUT2D eigenvalue weighted by Gasteiger charge is -2.07. The van der Waals surface area contributed by atoms with E-state index in [-0.39, 0.29) is 24.2 Å². The zero-order valence-corrected chi connectivity index (χ0v) is 8.59. The van der Waals surface area contributed by atoms with Gasteiger partial charge in [-0.3, -0.25) is 4.79 Å². The van der Waals surface area contributed by atoms with E-state index in [2.05, 4.69) is 10.6 Å². The Balaban J connectivity index is 1.87. The van der Waals surface area contributed by atoms with Crippen molar-refractivity contribution >= 4 is 11.6 Å². The zero-order valence-electron chi connectivity index (χ0n) is 8.59. The summed E-state index contributed by atoms with van der Waals surface area (Å²) in [6.45, 7) is -0.0448. The Hall–Kier alpha value is -1.65. The Bertz CT molecular complexity index is 405. The molecule has 0 unspecified atom stereocenters. The second-order valence-corrected chi connectivity index (χ2v) is 3.82. The number of carbonyl (C=O) groups is 1. The van der Waals surface area contributed by atoms with Crippen LogP contribution in [0.4, 0.5) is 14.5 Å². The Kier molecular flexibility index (Phi) is 3.03. The molecule has 0 bridgehead atoms. The van der Waals surface area contributed by atoms with Gasteiger partial charge in [0, 0.05) is 6.04 Å². The van der Waals surface area contributed by atoms with Crippen LogP contribution in [-0.2, 0) is 4.79 Å². The lowest BCUT2D eigenvalue weighted by Crippen LogP contribution is -2.31. The van der Waals surface area contributed by atoms with Crippen molar-refractivity contribution in [1.29, 1.82) is 0 Å². The molecule has 0 aromatic heterocycles. The average Bonchev–Trinajstić information content (AvgIpc) is 3.03. The number of hydrogen-bond donors (Lipinski definition) is 2. The standard InChI is InChI=1S/C11H12F2N2O/c12-7-1-4-9(13)10(5-7)14-6-11(16)15-8-2-3-8/h1,4-5,8,14H,2-3,6H2,(H,15,16). The number of benzene rings is 1. The van der Waals surface area contributed by atoms with E-state index in [0.29, 0.717) is 0 Å². The topological polar surface area (TPSA) is 41.1 Å². The predicted octanol–water partition coefficient (Wildman–Crippen LogP) is 1.66. The van der Waals surface area contributed by atoms with Crippen molar-refractivity contribution in [3.8, 4) is 0 Å². The fraction of sp³-hybridized carbons (Fsp3) is 0.364. The van der Waals surface area contributed by atoms with Crippen LogP contribution in [0.15, 0.2) is 18.2 Å². The van der Waals surface area contributed by atoms with Gasteiger partial charge in [0.1, 0.15) is 11.6 Å². The number of nitrogens with one attached hydrogen (secondary N) is 2. The minimum atomic E-state index is -0.569. The van der Waals surface area contributed by atoms with Crippen LogP contribution < -0.4 is 10.6 Å². The van der Waals surface area contributed by atoms with Crippen LogP contribution in [0.5, 0.6) is 0 Å². The maximum Gasteiger partial charge on any atom is 0.239 e. The third kappa shape index (κ3) is 2.92. The molecule has 1 aliphatic carbocycles. The van der Waals surface area contributed by atoms with Crippen molar-refractivity contribution in [3.63, 3.8) is 0 Å². The average molecular weight is 226 g/mol. The Morgan fingerprint density at radius 2 is 2.12 bits per heavy atom. The van der Waals surface area contributed by atoms with Gasteiger partial charge in [0.15, 0.2) is 0 Å². The number of amides is 1. The summed E-state index contributed by atoms with van der Waals surface area (Å²) in [7, 11) is 0. The fourth-order valence-electron chi connectivity index (χ4n) is 1.31. The molecule has 2 N–H and O–H groups in total. The largest absolute Gasteiger partial charge is 0.374 e. The van der Waals surface area contributed by atoms with Crippen molar-refractivity contribution in [2.75, 3.05) is 11.9 Å². The second-order valence-electron chi connectivity index (χ2n) is 3.82. The third-order valence-electron chi connectivity index (χ3n) is 2.31. The third-order valence-corrected chi connectivity index (χ3v) is 2.31. The highest BCUT2D eigenvalue weighted by Crippen LogP contribution is 2.18. The maximum atomic E-state index is 13.1. The van der Waals surface area contributed by atoms with Crippen molar-refractivity contribution < 1.29 is 13.6 Å². The summed E-state index contributed by atoms with van der Waals surface area (Å²) in [5.74, 6) is -1.31. The van der Waals surface area contributed by atoms with Gasteiger partial charge in [-0.2, -0.15) is 0 Å². The molecule has 5 heteroatoms. The van der Waals surface area contributed by atoms with Crippen LogP contribution in [0.2, 0.25) is 0 Å². The number of carbonyl (C=O) groups excluding carboxylic acids is 1. The smallest absolute Gasteiger partial charge is 0.239 e. The SMILES string of the molecule is O=C(CNc1cc(F)ccc1F)NC1CC1. The molecule has 0 aliphatic heterocycles. The van der Waals surface area contributed by atoms with E-state index in [9.17, 15) is 13.6 Å². The first-order valence-corrected chi connectivity index (χ1v) is 5.13. The van der Waals surface area contributed by atoms with E-state index in [1.807, 2.05) is 0 Å². The number of anilines is 1. The monoisotopic (exact) mass is 226 g/mol. The van der Waals surface area contributed by atoms with Crippen LogP contribution in [0.1, 0.15) is 12.8 Å².